The van der Waals surface area contributed by atoms with E-state index < -0.39 is 5.54 Å². The minimum absolute atomic E-state index is 0.0477. The number of nitrogens with zero attached hydrogens (tertiary/aromatic N) is 1. The molecule has 0 saturated heterocycles. The lowest BCUT2D eigenvalue weighted by molar-refractivity contribution is -0.151. The highest BCUT2D eigenvalue weighted by molar-refractivity contribution is 5.81. The summed E-state index contributed by atoms with van der Waals surface area (Å²) in [4.78, 5) is 15.2. The first-order chi connectivity index (χ1) is 10.0. The molecule has 122 valence electrons. The van der Waals surface area contributed by atoms with Gasteiger partial charge in [0.15, 0.2) is 0 Å². The lowest BCUT2D eigenvalue weighted by Gasteiger charge is -2.33. The van der Waals surface area contributed by atoms with Gasteiger partial charge in [-0.3, -0.25) is 15.0 Å². The highest BCUT2D eigenvalue weighted by Gasteiger charge is 2.49. The molecule has 0 aromatic carbocycles. The molecule has 2 unspecified atom stereocenters. The fourth-order valence-electron chi connectivity index (χ4n) is 3.83. The first-order valence-corrected chi connectivity index (χ1v) is 8.73. The fraction of sp³-hybridized carbons (Fsp3) is 0.941. The molecule has 0 amide bonds. The Balaban J connectivity index is 2.07. The standard InChI is InChI=1S/C17H32N2O2/c1-5-11-19(14-7-8-14)15-9-10-17(12-15,18-13(3)4)16(20)21-6-2/h13-15,18H,5-12H2,1-4H3. The van der Waals surface area contributed by atoms with E-state index in [0.717, 1.165) is 31.8 Å². The summed E-state index contributed by atoms with van der Waals surface area (Å²) >= 11 is 0. The summed E-state index contributed by atoms with van der Waals surface area (Å²) in [5, 5.41) is 3.52. The maximum absolute atomic E-state index is 12.5. The Labute approximate surface area is 129 Å². The summed E-state index contributed by atoms with van der Waals surface area (Å²) in [7, 11) is 0. The van der Waals surface area contributed by atoms with Gasteiger partial charge in [0.25, 0.3) is 0 Å². The highest BCUT2D eigenvalue weighted by Crippen LogP contribution is 2.39. The van der Waals surface area contributed by atoms with Crippen molar-refractivity contribution in [2.24, 2.45) is 0 Å². The number of hydrogen-bond donors (Lipinski definition) is 1. The minimum Gasteiger partial charge on any atom is -0.465 e. The van der Waals surface area contributed by atoms with E-state index >= 15 is 0 Å². The van der Waals surface area contributed by atoms with Gasteiger partial charge < -0.3 is 4.74 Å². The third-order valence-corrected chi connectivity index (χ3v) is 4.69. The summed E-state index contributed by atoms with van der Waals surface area (Å²) in [6, 6.07) is 1.61. The smallest absolute Gasteiger partial charge is 0.326 e. The van der Waals surface area contributed by atoms with Crippen molar-refractivity contribution in [1.82, 2.24) is 10.2 Å². The quantitative estimate of drug-likeness (QED) is 0.699. The van der Waals surface area contributed by atoms with Crippen molar-refractivity contribution in [3.63, 3.8) is 0 Å². The fourth-order valence-corrected chi connectivity index (χ4v) is 3.83. The van der Waals surface area contributed by atoms with Gasteiger partial charge in [-0.1, -0.05) is 6.92 Å². The molecule has 2 saturated carbocycles. The van der Waals surface area contributed by atoms with Crippen molar-refractivity contribution in [3.05, 3.63) is 0 Å². The maximum Gasteiger partial charge on any atom is 0.326 e. The average Bonchev–Trinajstić information content (AvgIpc) is 3.17. The molecule has 0 aliphatic heterocycles. The monoisotopic (exact) mass is 296 g/mol. The molecule has 1 N–H and O–H groups in total. The van der Waals surface area contributed by atoms with Gasteiger partial charge in [-0.2, -0.15) is 0 Å². The molecule has 0 aromatic rings. The second-order valence-electron chi connectivity index (χ2n) is 6.97. The van der Waals surface area contributed by atoms with Crippen LogP contribution in [-0.2, 0) is 9.53 Å². The van der Waals surface area contributed by atoms with Gasteiger partial charge in [0, 0.05) is 18.1 Å². The van der Waals surface area contributed by atoms with Crippen LogP contribution in [0.15, 0.2) is 0 Å². The number of ether oxygens (including phenoxy) is 1. The molecule has 2 atom stereocenters. The number of rotatable bonds is 8. The molecular formula is C17H32N2O2. The van der Waals surface area contributed by atoms with Gasteiger partial charge in [0.1, 0.15) is 5.54 Å². The Kier molecular flexibility index (Phi) is 5.67. The normalized spacial score (nSPS) is 29.3. The predicted octanol–water partition coefficient (Wildman–Crippen LogP) is 2.71. The Hall–Kier alpha value is -0.610. The first kappa shape index (κ1) is 16.8. The molecule has 4 nitrogen and oxygen atoms in total. The van der Waals surface area contributed by atoms with Gasteiger partial charge in [0.05, 0.1) is 6.61 Å². The predicted molar refractivity (Wildman–Crippen MR) is 85.3 cm³/mol. The largest absolute Gasteiger partial charge is 0.465 e. The van der Waals surface area contributed by atoms with Crippen LogP contribution < -0.4 is 5.32 Å². The lowest BCUT2D eigenvalue weighted by Crippen LogP contribution is -2.54. The number of esters is 1. The summed E-state index contributed by atoms with van der Waals surface area (Å²) < 4.78 is 5.37. The van der Waals surface area contributed by atoms with Gasteiger partial charge in [-0.05, 0) is 65.8 Å². The van der Waals surface area contributed by atoms with E-state index in [2.05, 4.69) is 31.0 Å². The van der Waals surface area contributed by atoms with Crippen LogP contribution in [0.2, 0.25) is 0 Å². The molecule has 2 aliphatic rings. The van der Waals surface area contributed by atoms with E-state index in [4.69, 9.17) is 4.74 Å². The van der Waals surface area contributed by atoms with Crippen molar-refractivity contribution in [2.75, 3.05) is 13.2 Å². The molecule has 2 rings (SSSR count). The van der Waals surface area contributed by atoms with Crippen molar-refractivity contribution in [2.45, 2.75) is 89.9 Å². The van der Waals surface area contributed by atoms with E-state index in [0.29, 0.717) is 18.7 Å². The van der Waals surface area contributed by atoms with Gasteiger partial charge in [-0.15, -0.1) is 0 Å². The molecule has 0 spiro atoms. The van der Waals surface area contributed by atoms with Crippen LogP contribution in [0.1, 0.15) is 66.2 Å². The number of hydrogen-bond acceptors (Lipinski definition) is 4. The topological polar surface area (TPSA) is 41.6 Å². The molecule has 21 heavy (non-hydrogen) atoms. The van der Waals surface area contributed by atoms with E-state index in [1.807, 2.05) is 6.92 Å². The Morgan fingerprint density at radius 2 is 2.00 bits per heavy atom. The van der Waals surface area contributed by atoms with Gasteiger partial charge >= 0.3 is 5.97 Å². The molecular weight excluding hydrogens is 264 g/mol. The Bertz CT molecular complexity index is 355. The minimum atomic E-state index is -0.463. The first-order valence-electron chi connectivity index (χ1n) is 8.73. The number of carbonyl (C=O) groups excluding carboxylic acids is 1. The maximum atomic E-state index is 12.5. The third kappa shape index (κ3) is 3.98. The second kappa shape index (κ2) is 7.10. The zero-order chi connectivity index (χ0) is 15.5. The SMILES string of the molecule is CCCN(C1CC1)C1CCC(NC(C)C)(C(=O)OCC)C1. The Morgan fingerprint density at radius 1 is 1.29 bits per heavy atom. The average molecular weight is 296 g/mol. The molecule has 2 aliphatic carbocycles. The second-order valence-corrected chi connectivity index (χ2v) is 6.97. The zero-order valence-corrected chi connectivity index (χ0v) is 14.2. The number of nitrogens with one attached hydrogen (secondary N) is 1. The van der Waals surface area contributed by atoms with E-state index in [9.17, 15) is 4.79 Å². The van der Waals surface area contributed by atoms with Gasteiger partial charge in [-0.25, -0.2) is 0 Å². The summed E-state index contributed by atoms with van der Waals surface area (Å²) in [6.07, 6.45) is 6.77. The van der Waals surface area contributed by atoms with Crippen molar-refractivity contribution >= 4 is 5.97 Å². The molecule has 0 bridgehead atoms. The van der Waals surface area contributed by atoms with Crippen LogP contribution in [0.5, 0.6) is 0 Å². The molecule has 2 fully saturated rings. The van der Waals surface area contributed by atoms with E-state index in [1.165, 1.54) is 19.3 Å². The number of carbonyl (C=O) groups is 1. The van der Waals surface area contributed by atoms with Crippen LogP contribution in [0.4, 0.5) is 0 Å². The third-order valence-electron chi connectivity index (χ3n) is 4.69. The summed E-state index contributed by atoms with van der Waals surface area (Å²) in [5.74, 6) is -0.0477. The van der Waals surface area contributed by atoms with Crippen LogP contribution in [-0.4, -0.2) is 47.7 Å². The van der Waals surface area contributed by atoms with Crippen LogP contribution in [0, 0.1) is 0 Å². The molecule has 4 heteroatoms. The summed E-state index contributed by atoms with van der Waals surface area (Å²) in [6.45, 7) is 9.98. The molecule has 0 heterocycles. The van der Waals surface area contributed by atoms with Crippen molar-refractivity contribution in [3.8, 4) is 0 Å². The lowest BCUT2D eigenvalue weighted by atomic mass is 9.96. The van der Waals surface area contributed by atoms with E-state index in [1.54, 1.807) is 0 Å². The summed E-state index contributed by atoms with van der Waals surface area (Å²) in [5.41, 5.74) is -0.463. The van der Waals surface area contributed by atoms with Gasteiger partial charge in [0.2, 0.25) is 0 Å². The van der Waals surface area contributed by atoms with Crippen LogP contribution in [0.25, 0.3) is 0 Å². The van der Waals surface area contributed by atoms with Crippen LogP contribution >= 0.6 is 0 Å². The van der Waals surface area contributed by atoms with Crippen LogP contribution in [0.3, 0.4) is 0 Å². The Morgan fingerprint density at radius 3 is 2.52 bits per heavy atom. The zero-order valence-electron chi connectivity index (χ0n) is 14.2. The molecule has 0 radical (unpaired) electrons. The van der Waals surface area contributed by atoms with Crippen molar-refractivity contribution < 1.29 is 9.53 Å². The molecule has 0 aromatic heterocycles. The van der Waals surface area contributed by atoms with Crippen molar-refractivity contribution in [1.29, 1.82) is 0 Å². The van der Waals surface area contributed by atoms with E-state index in [-0.39, 0.29) is 5.97 Å². The highest BCUT2D eigenvalue weighted by atomic mass is 16.5.